The first-order chi connectivity index (χ1) is 11.3. The second kappa shape index (κ2) is 4.76. The van der Waals surface area contributed by atoms with Crippen LogP contribution in [0.3, 0.4) is 0 Å². The van der Waals surface area contributed by atoms with Gasteiger partial charge in [-0.15, -0.1) is 0 Å². The summed E-state index contributed by atoms with van der Waals surface area (Å²) in [7, 11) is 1.92. The molecule has 1 aliphatic heterocycles. The lowest BCUT2D eigenvalue weighted by Crippen LogP contribution is -2.09. The smallest absolute Gasteiger partial charge is 0.0925 e. The number of allylic oxidation sites excluding steroid dienone is 1. The Labute approximate surface area is 133 Å². The molecule has 4 heterocycles. The summed E-state index contributed by atoms with van der Waals surface area (Å²) in [6.45, 7) is 2.20. The quantitative estimate of drug-likeness (QED) is 0.783. The van der Waals surface area contributed by atoms with Crippen molar-refractivity contribution in [1.82, 2.24) is 29.7 Å². The Hall–Kier alpha value is -2.47. The van der Waals surface area contributed by atoms with Crippen molar-refractivity contribution in [3.8, 4) is 11.3 Å². The highest BCUT2D eigenvalue weighted by Crippen LogP contribution is 2.39. The van der Waals surface area contributed by atoms with E-state index in [1.54, 1.807) is 4.68 Å². The van der Waals surface area contributed by atoms with Crippen molar-refractivity contribution >= 4 is 11.1 Å². The highest BCUT2D eigenvalue weighted by molar-refractivity contribution is 5.78. The fourth-order valence-electron chi connectivity index (χ4n) is 3.81. The van der Waals surface area contributed by atoms with Crippen LogP contribution >= 0.6 is 0 Å². The lowest BCUT2D eigenvalue weighted by atomic mass is 9.99. The Morgan fingerprint density at radius 1 is 1.22 bits per heavy atom. The number of aryl methyl sites for hydroxylation is 1. The number of hydrogen-bond donors (Lipinski definition) is 1. The van der Waals surface area contributed by atoms with Gasteiger partial charge >= 0.3 is 0 Å². The molecule has 5 rings (SSSR count). The summed E-state index contributed by atoms with van der Waals surface area (Å²) in [4.78, 5) is 4.96. The van der Waals surface area contributed by atoms with Gasteiger partial charge in [-0.05, 0) is 36.4 Å². The van der Waals surface area contributed by atoms with Crippen LogP contribution in [-0.4, -0.2) is 37.5 Å². The number of hydrogen-bond acceptors (Lipinski definition) is 4. The van der Waals surface area contributed by atoms with E-state index < -0.39 is 0 Å². The molecule has 1 fully saturated rings. The molecule has 0 bridgehead atoms. The van der Waals surface area contributed by atoms with Gasteiger partial charge in [-0.25, -0.2) is 9.50 Å². The lowest BCUT2D eigenvalue weighted by molar-refractivity contribution is 0.536. The van der Waals surface area contributed by atoms with Crippen LogP contribution in [0.15, 0.2) is 36.9 Å². The number of fused-ring (bicyclic) bond motifs is 2. The molecule has 0 radical (unpaired) electrons. The molecule has 2 atom stereocenters. The van der Waals surface area contributed by atoms with Gasteiger partial charge in [0, 0.05) is 25.4 Å². The second-order valence-electron chi connectivity index (χ2n) is 6.52. The molecule has 2 unspecified atom stereocenters. The molecule has 0 amide bonds. The zero-order chi connectivity index (χ0) is 15.4. The summed E-state index contributed by atoms with van der Waals surface area (Å²) in [6.07, 6.45) is 11.2. The SMILES string of the molecule is Cn1cc(-c2cn3nccc3c(C3=CC4CNCC4C3)n2)cn1. The fraction of sp³-hybridized carbons (Fsp3) is 0.353. The first kappa shape index (κ1) is 13.0. The van der Waals surface area contributed by atoms with Gasteiger partial charge in [-0.3, -0.25) is 4.68 Å². The highest BCUT2D eigenvalue weighted by atomic mass is 15.2. The third-order valence-electron chi connectivity index (χ3n) is 4.98. The molecule has 1 saturated heterocycles. The molecule has 0 saturated carbocycles. The maximum Gasteiger partial charge on any atom is 0.0925 e. The molecule has 0 spiro atoms. The summed E-state index contributed by atoms with van der Waals surface area (Å²) < 4.78 is 3.73. The zero-order valence-electron chi connectivity index (χ0n) is 13.0. The van der Waals surface area contributed by atoms with Gasteiger partial charge < -0.3 is 5.32 Å². The number of aromatic nitrogens is 5. The summed E-state index contributed by atoms with van der Waals surface area (Å²) in [5.74, 6) is 1.37. The monoisotopic (exact) mass is 306 g/mol. The normalized spacial score (nSPS) is 23.4. The molecule has 1 N–H and O–H groups in total. The van der Waals surface area contributed by atoms with Crippen LogP contribution in [0.25, 0.3) is 22.3 Å². The Bertz CT molecular complexity index is 918. The third kappa shape index (κ3) is 2.02. The van der Waals surface area contributed by atoms with Crippen LogP contribution in [0.1, 0.15) is 12.1 Å². The van der Waals surface area contributed by atoms with E-state index in [1.807, 2.05) is 42.4 Å². The lowest BCUT2D eigenvalue weighted by Gasteiger charge is -2.09. The minimum absolute atomic E-state index is 0.650. The van der Waals surface area contributed by atoms with Crippen molar-refractivity contribution in [2.45, 2.75) is 6.42 Å². The average molecular weight is 306 g/mol. The molecule has 2 aliphatic rings. The van der Waals surface area contributed by atoms with Gasteiger partial charge in [0.25, 0.3) is 0 Å². The first-order valence-corrected chi connectivity index (χ1v) is 8.03. The van der Waals surface area contributed by atoms with Crippen LogP contribution in [0, 0.1) is 11.8 Å². The molecular formula is C17H18N6. The van der Waals surface area contributed by atoms with E-state index >= 15 is 0 Å². The van der Waals surface area contributed by atoms with E-state index in [4.69, 9.17) is 4.98 Å². The summed E-state index contributed by atoms with van der Waals surface area (Å²) in [6, 6.07) is 2.04. The van der Waals surface area contributed by atoms with E-state index in [2.05, 4.69) is 21.6 Å². The summed E-state index contributed by atoms with van der Waals surface area (Å²) in [5, 5.41) is 12.2. The Kier molecular flexibility index (Phi) is 2.69. The molecule has 3 aromatic heterocycles. The van der Waals surface area contributed by atoms with E-state index in [9.17, 15) is 0 Å². The molecule has 6 nitrogen and oxygen atoms in total. The zero-order valence-corrected chi connectivity index (χ0v) is 13.0. The maximum absolute atomic E-state index is 4.96. The van der Waals surface area contributed by atoms with Crippen molar-refractivity contribution in [3.63, 3.8) is 0 Å². The highest BCUT2D eigenvalue weighted by Gasteiger charge is 2.33. The van der Waals surface area contributed by atoms with E-state index in [0.29, 0.717) is 5.92 Å². The topological polar surface area (TPSA) is 60.0 Å². The van der Waals surface area contributed by atoms with Gasteiger partial charge in [-0.1, -0.05) is 6.08 Å². The van der Waals surface area contributed by atoms with Gasteiger partial charge in [0.2, 0.25) is 0 Å². The van der Waals surface area contributed by atoms with Crippen molar-refractivity contribution in [2.75, 3.05) is 13.1 Å². The first-order valence-electron chi connectivity index (χ1n) is 8.03. The molecule has 3 aromatic rings. The van der Waals surface area contributed by atoms with Crippen LogP contribution in [-0.2, 0) is 7.05 Å². The van der Waals surface area contributed by atoms with Crippen LogP contribution in [0.2, 0.25) is 0 Å². The van der Waals surface area contributed by atoms with Gasteiger partial charge in [-0.2, -0.15) is 10.2 Å². The van der Waals surface area contributed by atoms with Crippen LogP contribution < -0.4 is 5.32 Å². The van der Waals surface area contributed by atoms with Crippen molar-refractivity contribution in [1.29, 1.82) is 0 Å². The predicted molar refractivity (Wildman–Crippen MR) is 87.6 cm³/mol. The van der Waals surface area contributed by atoms with Crippen molar-refractivity contribution in [3.05, 3.63) is 42.6 Å². The van der Waals surface area contributed by atoms with Crippen molar-refractivity contribution < 1.29 is 0 Å². The fourth-order valence-corrected chi connectivity index (χ4v) is 3.81. The summed E-state index contributed by atoms with van der Waals surface area (Å²) in [5.41, 5.74) is 5.44. The van der Waals surface area contributed by atoms with Crippen LogP contribution in [0.4, 0.5) is 0 Å². The van der Waals surface area contributed by atoms with Gasteiger partial charge in [0.05, 0.1) is 35.5 Å². The van der Waals surface area contributed by atoms with Gasteiger partial charge in [0.1, 0.15) is 0 Å². The predicted octanol–water partition coefficient (Wildman–Crippen LogP) is 1.75. The van der Waals surface area contributed by atoms with Crippen molar-refractivity contribution in [2.24, 2.45) is 18.9 Å². The van der Waals surface area contributed by atoms with Crippen LogP contribution in [0.5, 0.6) is 0 Å². The second-order valence-corrected chi connectivity index (χ2v) is 6.52. The van der Waals surface area contributed by atoms with Gasteiger partial charge in [0.15, 0.2) is 0 Å². The largest absolute Gasteiger partial charge is 0.316 e. The standard InChI is InChI=1S/C17H18N6/c1-22-9-14(8-20-22)15-10-23-16(2-3-19-23)17(21-15)11-4-12-6-18-7-13(12)5-11/h2-4,8-10,12-13,18H,5-7H2,1H3. The Morgan fingerprint density at radius 2 is 2.17 bits per heavy atom. The molecule has 1 aliphatic carbocycles. The number of nitrogens with one attached hydrogen (secondary N) is 1. The van der Waals surface area contributed by atoms with E-state index in [0.717, 1.165) is 47.9 Å². The Balaban J connectivity index is 1.66. The molecule has 6 heteroatoms. The maximum atomic E-state index is 4.96. The molecule has 0 aromatic carbocycles. The minimum Gasteiger partial charge on any atom is -0.316 e. The van der Waals surface area contributed by atoms with E-state index in [-0.39, 0.29) is 0 Å². The Morgan fingerprint density at radius 3 is 3.00 bits per heavy atom. The molecule has 23 heavy (non-hydrogen) atoms. The number of rotatable bonds is 2. The molecule has 116 valence electrons. The summed E-state index contributed by atoms with van der Waals surface area (Å²) >= 11 is 0. The van der Waals surface area contributed by atoms with E-state index in [1.165, 1.54) is 5.57 Å². The minimum atomic E-state index is 0.650. The molecular weight excluding hydrogens is 288 g/mol. The number of nitrogens with zero attached hydrogens (tertiary/aromatic N) is 5. The third-order valence-corrected chi connectivity index (χ3v) is 4.98. The average Bonchev–Trinajstić information content (AvgIpc) is 3.29.